The van der Waals surface area contributed by atoms with Crippen LogP contribution in [0.5, 0.6) is 0 Å². The Bertz CT molecular complexity index is 872. The second-order valence-electron chi connectivity index (χ2n) is 10.5. The van der Waals surface area contributed by atoms with Crippen molar-refractivity contribution >= 4 is 27.9 Å². The van der Waals surface area contributed by atoms with E-state index >= 15 is 0 Å². The summed E-state index contributed by atoms with van der Waals surface area (Å²) in [7, 11) is -3.69. The highest BCUT2D eigenvalue weighted by molar-refractivity contribution is 7.90. The van der Waals surface area contributed by atoms with Crippen LogP contribution >= 0.6 is 0 Å². The number of nitrogens with zero attached hydrogens (tertiary/aromatic N) is 1. The summed E-state index contributed by atoms with van der Waals surface area (Å²) in [4.78, 5) is 29.4. The number of piperidine rings is 1. The van der Waals surface area contributed by atoms with Crippen molar-refractivity contribution in [3.05, 3.63) is 0 Å². The van der Waals surface area contributed by atoms with E-state index in [1.807, 2.05) is 0 Å². The van der Waals surface area contributed by atoms with E-state index in [4.69, 9.17) is 16.2 Å². The normalized spacial score (nSPS) is 30.1. The topological polar surface area (TPSA) is 178 Å². The van der Waals surface area contributed by atoms with E-state index in [1.165, 1.54) is 0 Å². The van der Waals surface area contributed by atoms with Gasteiger partial charge in [-0.3, -0.25) is 14.6 Å². The molecule has 1 saturated heterocycles. The van der Waals surface area contributed by atoms with E-state index in [2.05, 4.69) is 20.3 Å². The van der Waals surface area contributed by atoms with Gasteiger partial charge in [0, 0.05) is 18.0 Å². The fourth-order valence-electron chi connectivity index (χ4n) is 5.84. The summed E-state index contributed by atoms with van der Waals surface area (Å²) < 4.78 is 34.8. The first-order valence-corrected chi connectivity index (χ1v) is 15.0. The Labute approximate surface area is 215 Å². The smallest absolute Gasteiger partial charge is 0.307 e. The van der Waals surface area contributed by atoms with Crippen LogP contribution in [0, 0.1) is 11.8 Å². The molecule has 0 aromatic carbocycles. The van der Waals surface area contributed by atoms with Crippen molar-refractivity contribution in [3.8, 4) is 0 Å². The molecule has 0 bridgehead atoms. The minimum Gasteiger partial charge on any atom is -0.466 e. The van der Waals surface area contributed by atoms with Gasteiger partial charge >= 0.3 is 5.97 Å². The standard InChI is InChI=1S/C24H44N6O5S/c1-2-35-22(31)14-21(17-7-5-11-27-15-17)30-36(33,34)20-10-4-9-19(13-20)28-23(32)16-6-3-8-18(12-16)29-24(25)26/h16-21,27,30H,2-15H2,1H3,(H,28,32)(H4,25,26,29). The van der Waals surface area contributed by atoms with Crippen LogP contribution in [-0.2, 0) is 24.3 Å². The fraction of sp³-hybridized carbons (Fsp3) is 0.875. The van der Waals surface area contributed by atoms with Gasteiger partial charge < -0.3 is 26.8 Å². The van der Waals surface area contributed by atoms with Gasteiger partial charge in [-0.15, -0.1) is 0 Å². The van der Waals surface area contributed by atoms with Gasteiger partial charge in [-0.05, 0) is 77.3 Å². The second-order valence-corrected chi connectivity index (χ2v) is 12.4. The quantitative estimate of drug-likeness (QED) is 0.154. The number of carbonyl (C=O) groups is 2. The van der Waals surface area contributed by atoms with Crippen LogP contribution in [0.4, 0.5) is 0 Å². The van der Waals surface area contributed by atoms with Crippen LogP contribution < -0.4 is 26.8 Å². The van der Waals surface area contributed by atoms with Gasteiger partial charge in [0.25, 0.3) is 0 Å². The molecule has 6 atom stereocenters. The van der Waals surface area contributed by atoms with Crippen molar-refractivity contribution in [2.45, 2.75) is 101 Å². The van der Waals surface area contributed by atoms with Gasteiger partial charge in [0.1, 0.15) is 0 Å². The molecule has 7 N–H and O–H groups in total. The third-order valence-electron chi connectivity index (χ3n) is 7.67. The average molecular weight is 529 g/mol. The SMILES string of the molecule is CCOC(=O)CC(NS(=O)(=O)C1CCCC(NC(=O)C2CCCC(N=C(N)N)C2)C1)C1CCCNC1. The molecule has 0 aromatic heterocycles. The molecular formula is C24H44N6O5S. The van der Waals surface area contributed by atoms with E-state index in [9.17, 15) is 18.0 Å². The highest BCUT2D eigenvalue weighted by Gasteiger charge is 2.37. The van der Waals surface area contributed by atoms with Gasteiger partial charge in [0.2, 0.25) is 15.9 Å². The van der Waals surface area contributed by atoms with Gasteiger partial charge in [0.05, 0.1) is 24.3 Å². The zero-order valence-electron chi connectivity index (χ0n) is 21.4. The highest BCUT2D eigenvalue weighted by atomic mass is 32.2. The Morgan fingerprint density at radius 2 is 1.86 bits per heavy atom. The zero-order valence-corrected chi connectivity index (χ0v) is 22.2. The molecule has 36 heavy (non-hydrogen) atoms. The number of sulfonamides is 1. The fourth-order valence-corrected chi connectivity index (χ4v) is 7.69. The van der Waals surface area contributed by atoms with Crippen molar-refractivity contribution in [1.29, 1.82) is 0 Å². The summed E-state index contributed by atoms with van der Waals surface area (Å²) >= 11 is 0. The van der Waals surface area contributed by atoms with Crippen LogP contribution in [0.1, 0.15) is 77.6 Å². The molecule has 0 aromatic rings. The van der Waals surface area contributed by atoms with Crippen LogP contribution in [0.2, 0.25) is 0 Å². The molecule has 1 amide bonds. The van der Waals surface area contributed by atoms with Crippen LogP contribution in [0.25, 0.3) is 0 Å². The summed E-state index contributed by atoms with van der Waals surface area (Å²) in [5.41, 5.74) is 11.0. The van der Waals surface area contributed by atoms with Crippen molar-refractivity contribution in [1.82, 2.24) is 15.4 Å². The largest absolute Gasteiger partial charge is 0.466 e. The molecular weight excluding hydrogens is 484 g/mol. The number of esters is 1. The van der Waals surface area contributed by atoms with Gasteiger partial charge in [-0.25, -0.2) is 13.1 Å². The predicted octanol–water partition coefficient (Wildman–Crippen LogP) is 0.487. The lowest BCUT2D eigenvalue weighted by Gasteiger charge is -2.35. The highest BCUT2D eigenvalue weighted by Crippen LogP contribution is 2.29. The van der Waals surface area contributed by atoms with E-state index in [0.717, 1.165) is 45.1 Å². The lowest BCUT2D eigenvalue weighted by Crippen LogP contribution is -2.52. The first kappa shape index (κ1) is 28.6. The predicted molar refractivity (Wildman–Crippen MR) is 138 cm³/mol. The van der Waals surface area contributed by atoms with E-state index in [0.29, 0.717) is 32.2 Å². The zero-order chi connectivity index (χ0) is 26.1. The number of nitrogens with two attached hydrogens (primary N) is 2. The molecule has 0 spiro atoms. The third-order valence-corrected chi connectivity index (χ3v) is 9.61. The Hall–Kier alpha value is -1.92. The van der Waals surface area contributed by atoms with Crippen molar-refractivity contribution in [3.63, 3.8) is 0 Å². The van der Waals surface area contributed by atoms with Crippen LogP contribution in [0.3, 0.4) is 0 Å². The van der Waals surface area contributed by atoms with E-state index < -0.39 is 27.3 Å². The number of ether oxygens (including phenoxy) is 1. The summed E-state index contributed by atoms with van der Waals surface area (Å²) in [5, 5.41) is 5.79. The minimum absolute atomic E-state index is 0.0188. The molecule has 1 aliphatic heterocycles. The van der Waals surface area contributed by atoms with E-state index in [-0.39, 0.29) is 48.8 Å². The maximum absolute atomic E-state index is 13.4. The first-order valence-electron chi connectivity index (χ1n) is 13.4. The summed E-state index contributed by atoms with van der Waals surface area (Å²) in [6.07, 6.45) is 7.29. The maximum Gasteiger partial charge on any atom is 0.307 e. The summed E-state index contributed by atoms with van der Waals surface area (Å²) in [5.74, 6) is -0.540. The molecule has 0 radical (unpaired) electrons. The number of carbonyl (C=O) groups excluding carboxylic acids is 2. The molecule has 206 valence electrons. The maximum atomic E-state index is 13.4. The molecule has 3 fully saturated rings. The molecule has 11 nitrogen and oxygen atoms in total. The summed E-state index contributed by atoms with van der Waals surface area (Å²) in [6.45, 7) is 3.56. The number of amides is 1. The monoisotopic (exact) mass is 528 g/mol. The van der Waals surface area contributed by atoms with Gasteiger partial charge in [-0.1, -0.05) is 12.8 Å². The number of guanidine groups is 1. The molecule has 6 unspecified atom stereocenters. The lowest BCUT2D eigenvalue weighted by atomic mass is 9.84. The number of hydrogen-bond donors (Lipinski definition) is 5. The number of hydrogen-bond acceptors (Lipinski definition) is 7. The van der Waals surface area contributed by atoms with Crippen LogP contribution in [-0.4, -0.2) is 69.3 Å². The molecule has 2 saturated carbocycles. The average Bonchev–Trinajstić information content (AvgIpc) is 2.84. The number of rotatable bonds is 10. The third kappa shape index (κ3) is 8.58. The number of nitrogens with one attached hydrogen (secondary N) is 3. The van der Waals surface area contributed by atoms with Crippen LogP contribution in [0.15, 0.2) is 4.99 Å². The van der Waals surface area contributed by atoms with Gasteiger partial charge in [-0.2, -0.15) is 0 Å². The Kier molecular flexibility index (Phi) is 10.8. The molecule has 3 aliphatic rings. The Balaban J connectivity index is 1.59. The Morgan fingerprint density at radius 1 is 1.08 bits per heavy atom. The molecule has 3 rings (SSSR count). The molecule has 1 heterocycles. The van der Waals surface area contributed by atoms with Crippen molar-refractivity contribution in [2.75, 3.05) is 19.7 Å². The molecule has 2 aliphatic carbocycles. The number of aliphatic imine (C=N–C) groups is 1. The second kappa shape index (κ2) is 13.6. The van der Waals surface area contributed by atoms with Crippen molar-refractivity contribution in [2.24, 2.45) is 28.3 Å². The van der Waals surface area contributed by atoms with E-state index in [1.54, 1.807) is 6.92 Å². The van der Waals surface area contributed by atoms with Gasteiger partial charge in [0.15, 0.2) is 5.96 Å². The Morgan fingerprint density at radius 3 is 2.56 bits per heavy atom. The summed E-state index contributed by atoms with van der Waals surface area (Å²) in [6, 6.07) is -0.753. The lowest BCUT2D eigenvalue weighted by molar-refractivity contribution is -0.144. The minimum atomic E-state index is -3.69. The first-order chi connectivity index (χ1) is 17.2. The van der Waals surface area contributed by atoms with Crippen molar-refractivity contribution < 1.29 is 22.7 Å². The molecule has 12 heteroatoms.